The first kappa shape index (κ1) is 25.7. The number of ether oxygens (including phenoxy) is 2. The van der Waals surface area contributed by atoms with Gasteiger partial charge in [-0.3, -0.25) is 4.98 Å². The minimum absolute atomic E-state index is 0.0234. The van der Waals surface area contributed by atoms with E-state index in [1.165, 1.54) is 35.8 Å². The summed E-state index contributed by atoms with van der Waals surface area (Å²) in [5.74, 6) is 0.546. The van der Waals surface area contributed by atoms with Crippen molar-refractivity contribution >= 4 is 17.0 Å². The molecule has 1 unspecified atom stereocenters. The fourth-order valence-electron chi connectivity index (χ4n) is 5.57. The molecular formula is C30H40N4O3. The molecule has 1 amide bonds. The number of benzene rings is 1. The Morgan fingerprint density at radius 2 is 1.86 bits per heavy atom. The Morgan fingerprint density at radius 1 is 1.08 bits per heavy atom. The average Bonchev–Trinajstić information content (AvgIpc) is 3.64. The number of amides is 1. The van der Waals surface area contributed by atoms with E-state index in [-0.39, 0.29) is 6.23 Å². The Labute approximate surface area is 219 Å². The number of rotatable bonds is 7. The van der Waals surface area contributed by atoms with E-state index in [1.54, 1.807) is 0 Å². The summed E-state index contributed by atoms with van der Waals surface area (Å²) in [6.45, 7) is 10.6. The lowest BCUT2D eigenvalue weighted by molar-refractivity contribution is -0.0366. The number of hydrogen-bond donors (Lipinski definition) is 1. The quantitative estimate of drug-likeness (QED) is 0.368. The monoisotopic (exact) mass is 504 g/mol. The van der Waals surface area contributed by atoms with E-state index in [0.29, 0.717) is 5.92 Å². The summed E-state index contributed by atoms with van der Waals surface area (Å²) in [5.41, 5.74) is 4.53. The zero-order valence-electron chi connectivity index (χ0n) is 22.8. The lowest BCUT2D eigenvalue weighted by atomic mass is 9.85. The van der Waals surface area contributed by atoms with Crippen LogP contribution in [0.5, 0.6) is 0 Å². The number of carbonyl (C=O) groups excluding carboxylic acids is 1. The normalized spacial score (nSPS) is 18.7. The second kappa shape index (κ2) is 10.1. The van der Waals surface area contributed by atoms with Gasteiger partial charge in [0.05, 0.1) is 22.9 Å². The maximum atomic E-state index is 12.7. The number of aromatic nitrogens is 3. The molecule has 0 bridgehead atoms. The largest absolute Gasteiger partial charge is 0.444 e. The van der Waals surface area contributed by atoms with Crippen LogP contribution < -0.4 is 5.32 Å². The zero-order valence-corrected chi connectivity index (χ0v) is 22.8. The molecule has 5 rings (SSSR count). The first-order chi connectivity index (χ1) is 17.7. The second-order valence-corrected chi connectivity index (χ2v) is 11.5. The number of pyridine rings is 1. The molecule has 37 heavy (non-hydrogen) atoms. The van der Waals surface area contributed by atoms with Crippen LogP contribution >= 0.6 is 0 Å². The van der Waals surface area contributed by atoms with Gasteiger partial charge in [0.15, 0.2) is 6.23 Å². The van der Waals surface area contributed by atoms with E-state index in [0.717, 1.165) is 49.1 Å². The molecule has 1 saturated carbocycles. The van der Waals surface area contributed by atoms with Gasteiger partial charge in [-0.1, -0.05) is 26.0 Å². The highest BCUT2D eigenvalue weighted by atomic mass is 16.6. The molecule has 0 radical (unpaired) electrons. The highest BCUT2D eigenvalue weighted by Crippen LogP contribution is 2.48. The second-order valence-electron chi connectivity index (χ2n) is 11.5. The van der Waals surface area contributed by atoms with Crippen molar-refractivity contribution in [2.45, 2.75) is 103 Å². The van der Waals surface area contributed by atoms with Crippen LogP contribution in [-0.4, -0.2) is 33.1 Å². The summed E-state index contributed by atoms with van der Waals surface area (Å²) in [4.78, 5) is 17.6. The Balaban J connectivity index is 1.47. The molecule has 7 nitrogen and oxygen atoms in total. The molecule has 2 fully saturated rings. The molecule has 3 aromatic rings. The number of carbonyl (C=O) groups is 1. The van der Waals surface area contributed by atoms with Crippen LogP contribution in [0.15, 0.2) is 36.7 Å². The summed E-state index contributed by atoms with van der Waals surface area (Å²) >= 11 is 0. The van der Waals surface area contributed by atoms with Crippen molar-refractivity contribution < 1.29 is 14.3 Å². The summed E-state index contributed by atoms with van der Waals surface area (Å²) < 4.78 is 13.7. The highest BCUT2D eigenvalue weighted by Gasteiger charge is 2.34. The standard InChI is InChI=1S/C30H40N4O3/c1-6-30(7-2,33-28(35)37-29(3,4)5)21-13-15-24(31-18-21)22-14-16-25-23(27(22)20-11-12-20)19-32-34(25)26-10-8-9-17-36-26/h13-16,18-20,26H,6-12,17H2,1-5H3,(H,33,35). The molecule has 1 aliphatic heterocycles. The van der Waals surface area contributed by atoms with Crippen LogP contribution in [0.4, 0.5) is 4.79 Å². The molecule has 3 heterocycles. The van der Waals surface area contributed by atoms with Crippen LogP contribution in [0, 0.1) is 0 Å². The van der Waals surface area contributed by atoms with E-state index in [2.05, 4.69) is 48.1 Å². The summed E-state index contributed by atoms with van der Waals surface area (Å²) in [7, 11) is 0. The van der Waals surface area contributed by atoms with Gasteiger partial charge in [0.1, 0.15) is 5.60 Å². The van der Waals surface area contributed by atoms with E-state index in [4.69, 9.17) is 19.6 Å². The molecule has 1 aromatic carbocycles. The number of fused-ring (bicyclic) bond motifs is 1. The van der Waals surface area contributed by atoms with Gasteiger partial charge >= 0.3 is 6.09 Å². The molecule has 7 heteroatoms. The molecule has 2 aliphatic rings. The molecule has 198 valence electrons. The fraction of sp³-hybridized carbons (Fsp3) is 0.567. The van der Waals surface area contributed by atoms with E-state index in [1.807, 2.05) is 33.2 Å². The first-order valence-electron chi connectivity index (χ1n) is 13.8. The van der Waals surface area contributed by atoms with Gasteiger partial charge in [-0.2, -0.15) is 5.10 Å². The lowest BCUT2D eigenvalue weighted by Crippen LogP contribution is -2.47. The summed E-state index contributed by atoms with van der Waals surface area (Å²) in [6, 6.07) is 8.56. The average molecular weight is 505 g/mol. The molecule has 0 spiro atoms. The van der Waals surface area contributed by atoms with Crippen molar-refractivity contribution in [3.05, 3.63) is 47.8 Å². The van der Waals surface area contributed by atoms with Crippen LogP contribution in [-0.2, 0) is 15.0 Å². The zero-order chi connectivity index (χ0) is 26.2. The van der Waals surface area contributed by atoms with Gasteiger partial charge in [0, 0.05) is 23.8 Å². The molecule has 1 N–H and O–H groups in total. The molecule has 1 saturated heterocycles. The van der Waals surface area contributed by atoms with Crippen molar-refractivity contribution in [2.75, 3.05) is 6.61 Å². The van der Waals surface area contributed by atoms with Crippen molar-refractivity contribution in [2.24, 2.45) is 0 Å². The van der Waals surface area contributed by atoms with Gasteiger partial charge in [-0.05, 0) is 94.9 Å². The number of hydrogen-bond acceptors (Lipinski definition) is 5. The third-order valence-electron chi connectivity index (χ3n) is 7.78. The van der Waals surface area contributed by atoms with Crippen molar-refractivity contribution in [3.8, 4) is 11.3 Å². The molecule has 1 aliphatic carbocycles. The van der Waals surface area contributed by atoms with Gasteiger partial charge in [-0.15, -0.1) is 0 Å². The topological polar surface area (TPSA) is 78.3 Å². The van der Waals surface area contributed by atoms with Crippen LogP contribution in [0.2, 0.25) is 0 Å². The minimum atomic E-state index is -0.547. The minimum Gasteiger partial charge on any atom is -0.444 e. The first-order valence-corrected chi connectivity index (χ1v) is 13.8. The Morgan fingerprint density at radius 3 is 2.46 bits per heavy atom. The van der Waals surface area contributed by atoms with Crippen molar-refractivity contribution in [1.29, 1.82) is 0 Å². The van der Waals surface area contributed by atoms with E-state index in [9.17, 15) is 4.79 Å². The van der Waals surface area contributed by atoms with Gasteiger partial charge in [-0.25, -0.2) is 9.48 Å². The Bertz CT molecular complexity index is 1240. The van der Waals surface area contributed by atoms with Crippen LogP contribution in [0.25, 0.3) is 22.2 Å². The summed E-state index contributed by atoms with van der Waals surface area (Å²) in [5, 5.41) is 9.11. The predicted octanol–water partition coefficient (Wildman–Crippen LogP) is 7.21. The maximum Gasteiger partial charge on any atom is 0.408 e. The predicted molar refractivity (Wildman–Crippen MR) is 145 cm³/mol. The van der Waals surface area contributed by atoms with Crippen LogP contribution in [0.1, 0.15) is 103 Å². The van der Waals surface area contributed by atoms with E-state index < -0.39 is 17.2 Å². The fourth-order valence-corrected chi connectivity index (χ4v) is 5.57. The smallest absolute Gasteiger partial charge is 0.408 e. The van der Waals surface area contributed by atoms with Crippen molar-refractivity contribution in [3.63, 3.8) is 0 Å². The third-order valence-corrected chi connectivity index (χ3v) is 7.78. The highest BCUT2D eigenvalue weighted by molar-refractivity contribution is 5.90. The number of nitrogens with zero attached hydrogens (tertiary/aromatic N) is 3. The molecular weight excluding hydrogens is 464 g/mol. The maximum absolute atomic E-state index is 12.7. The SMILES string of the molecule is CCC(CC)(NC(=O)OC(C)(C)C)c1ccc(-c2ccc3c(cnn3C3CCCCO3)c2C2CC2)nc1. The third kappa shape index (κ3) is 5.24. The number of alkyl carbamates (subject to hydrolysis) is 1. The molecule has 1 atom stereocenters. The van der Waals surface area contributed by atoms with Gasteiger partial charge < -0.3 is 14.8 Å². The van der Waals surface area contributed by atoms with Crippen LogP contribution in [0.3, 0.4) is 0 Å². The van der Waals surface area contributed by atoms with E-state index >= 15 is 0 Å². The van der Waals surface area contributed by atoms with Gasteiger partial charge in [0.2, 0.25) is 0 Å². The summed E-state index contributed by atoms with van der Waals surface area (Å²) in [6.07, 6.45) is 10.7. The lowest BCUT2D eigenvalue weighted by Gasteiger charge is -2.34. The van der Waals surface area contributed by atoms with Crippen molar-refractivity contribution in [1.82, 2.24) is 20.1 Å². The Kier molecular flexibility index (Phi) is 7.01. The van der Waals surface area contributed by atoms with Gasteiger partial charge in [0.25, 0.3) is 0 Å². The Hall–Kier alpha value is -2.93. The molecule has 2 aromatic heterocycles. The number of nitrogens with one attached hydrogen (secondary N) is 1.